The van der Waals surface area contributed by atoms with E-state index in [0.29, 0.717) is 11.3 Å². The zero-order valence-electron chi connectivity index (χ0n) is 14.9. The van der Waals surface area contributed by atoms with Gasteiger partial charge in [-0.2, -0.15) is 10.4 Å². The fourth-order valence-corrected chi connectivity index (χ4v) is 2.55. The fraction of sp³-hybridized carbons (Fsp3) is 0.150. The van der Waals surface area contributed by atoms with Gasteiger partial charge in [0.1, 0.15) is 12.7 Å². The summed E-state index contributed by atoms with van der Waals surface area (Å²) in [5.74, 6) is -0.999. The molecule has 0 aliphatic carbocycles. The van der Waals surface area contributed by atoms with E-state index in [9.17, 15) is 9.59 Å². The van der Waals surface area contributed by atoms with Gasteiger partial charge in [0, 0.05) is 12.2 Å². The van der Waals surface area contributed by atoms with Crippen molar-refractivity contribution in [2.75, 3.05) is 18.1 Å². The Morgan fingerprint density at radius 1 is 1.11 bits per heavy atom. The van der Waals surface area contributed by atoms with Crippen LogP contribution in [0.15, 0.2) is 67.3 Å². The monoisotopic (exact) mass is 375 g/mol. The number of nitrogens with zero attached hydrogens (tertiary/aromatic N) is 5. The van der Waals surface area contributed by atoms with E-state index in [-0.39, 0.29) is 13.0 Å². The normalized spacial score (nSPS) is 10.1. The first-order valence-electron chi connectivity index (χ1n) is 8.53. The lowest BCUT2D eigenvalue weighted by Gasteiger charge is -2.21. The van der Waals surface area contributed by atoms with Crippen LogP contribution in [0.4, 0.5) is 5.69 Å². The van der Waals surface area contributed by atoms with E-state index >= 15 is 0 Å². The van der Waals surface area contributed by atoms with E-state index in [4.69, 9.17) is 10.00 Å². The number of hydrogen-bond acceptors (Lipinski definition) is 6. The van der Waals surface area contributed by atoms with E-state index in [1.165, 1.54) is 11.2 Å². The molecule has 2 aromatic carbocycles. The minimum absolute atomic E-state index is 0.179. The summed E-state index contributed by atoms with van der Waals surface area (Å²) in [5.41, 5.74) is 1.72. The number of amides is 1. The lowest BCUT2D eigenvalue weighted by molar-refractivity contribution is -0.121. The van der Waals surface area contributed by atoms with Crippen molar-refractivity contribution in [2.45, 2.75) is 6.42 Å². The molecule has 0 bridgehead atoms. The third kappa shape index (κ3) is 4.59. The standard InChI is InChI=1S/C20H17N5O3/c21-11-4-12-24(17-5-2-1-3-6-17)19(26)13-28-20(27)16-7-9-18(10-8-16)25-15-22-14-23-25/h1-3,5-10,14-15H,4,12-13H2. The highest BCUT2D eigenvalue weighted by Crippen LogP contribution is 2.15. The molecular formula is C20H17N5O3. The highest BCUT2D eigenvalue weighted by atomic mass is 16.5. The first-order valence-corrected chi connectivity index (χ1v) is 8.53. The van der Waals surface area contributed by atoms with Crippen molar-refractivity contribution < 1.29 is 14.3 Å². The summed E-state index contributed by atoms with van der Waals surface area (Å²) in [5, 5.41) is 12.8. The predicted octanol–water partition coefficient (Wildman–Crippen LogP) is 2.37. The van der Waals surface area contributed by atoms with Crippen LogP contribution in [0.2, 0.25) is 0 Å². The van der Waals surface area contributed by atoms with Crippen LogP contribution < -0.4 is 4.90 Å². The van der Waals surface area contributed by atoms with Crippen molar-refractivity contribution in [3.63, 3.8) is 0 Å². The summed E-state index contributed by atoms with van der Waals surface area (Å²) in [4.78, 5) is 30.1. The molecule has 3 aromatic rings. The molecular weight excluding hydrogens is 358 g/mol. The van der Waals surface area contributed by atoms with Gasteiger partial charge in [0.2, 0.25) is 0 Å². The van der Waals surface area contributed by atoms with Gasteiger partial charge in [0.15, 0.2) is 6.61 Å². The van der Waals surface area contributed by atoms with E-state index in [1.807, 2.05) is 12.1 Å². The number of esters is 1. The molecule has 0 fully saturated rings. The van der Waals surface area contributed by atoms with Crippen molar-refractivity contribution >= 4 is 17.6 Å². The lowest BCUT2D eigenvalue weighted by Crippen LogP contribution is -2.35. The SMILES string of the molecule is N#CCCN(C(=O)COC(=O)c1ccc(-n2cncn2)cc1)c1ccccc1. The van der Waals surface area contributed by atoms with Gasteiger partial charge in [-0.3, -0.25) is 4.79 Å². The second-order valence-electron chi connectivity index (χ2n) is 5.75. The molecule has 1 heterocycles. The van der Waals surface area contributed by atoms with Crippen LogP contribution in [0.3, 0.4) is 0 Å². The number of ether oxygens (including phenoxy) is 1. The number of hydrogen-bond donors (Lipinski definition) is 0. The van der Waals surface area contributed by atoms with Crippen LogP contribution in [0, 0.1) is 11.3 Å². The first kappa shape index (κ1) is 18.8. The molecule has 1 aromatic heterocycles. The lowest BCUT2D eigenvalue weighted by atomic mass is 10.2. The largest absolute Gasteiger partial charge is 0.452 e. The molecule has 28 heavy (non-hydrogen) atoms. The number of aromatic nitrogens is 3. The minimum Gasteiger partial charge on any atom is -0.452 e. The van der Waals surface area contributed by atoms with Crippen LogP contribution >= 0.6 is 0 Å². The van der Waals surface area contributed by atoms with Crippen molar-refractivity contribution in [1.29, 1.82) is 5.26 Å². The molecule has 0 spiro atoms. The van der Waals surface area contributed by atoms with Gasteiger partial charge in [0.05, 0.1) is 23.7 Å². The third-order valence-corrected chi connectivity index (χ3v) is 3.93. The maximum Gasteiger partial charge on any atom is 0.338 e. The molecule has 0 aliphatic heterocycles. The quantitative estimate of drug-likeness (QED) is 0.588. The first-order chi connectivity index (χ1) is 13.7. The highest BCUT2D eigenvalue weighted by Gasteiger charge is 2.18. The van der Waals surface area contributed by atoms with Gasteiger partial charge in [-0.1, -0.05) is 18.2 Å². The average Bonchev–Trinajstić information content (AvgIpc) is 3.28. The molecule has 8 nitrogen and oxygen atoms in total. The molecule has 0 unspecified atom stereocenters. The molecule has 0 atom stereocenters. The zero-order valence-corrected chi connectivity index (χ0v) is 14.9. The van der Waals surface area contributed by atoms with Crippen LogP contribution in [-0.2, 0) is 9.53 Å². The van der Waals surface area contributed by atoms with E-state index < -0.39 is 18.5 Å². The molecule has 140 valence electrons. The van der Waals surface area contributed by atoms with Gasteiger partial charge < -0.3 is 9.64 Å². The summed E-state index contributed by atoms with van der Waals surface area (Å²) < 4.78 is 6.72. The van der Waals surface area contributed by atoms with Gasteiger partial charge >= 0.3 is 5.97 Å². The number of benzene rings is 2. The number of rotatable bonds is 7. The Morgan fingerprint density at radius 3 is 2.50 bits per heavy atom. The van der Waals surface area contributed by atoms with Gasteiger partial charge in [-0.05, 0) is 36.4 Å². The Labute approximate surface area is 161 Å². The van der Waals surface area contributed by atoms with Crippen molar-refractivity contribution in [3.05, 3.63) is 72.8 Å². The summed E-state index contributed by atoms with van der Waals surface area (Å²) >= 11 is 0. The average molecular weight is 375 g/mol. The Bertz CT molecular complexity index is 963. The van der Waals surface area contributed by atoms with Crippen LogP contribution in [0.5, 0.6) is 0 Å². The Hall–Kier alpha value is -3.99. The Kier molecular flexibility index (Phi) is 6.10. The van der Waals surface area contributed by atoms with Gasteiger partial charge in [-0.15, -0.1) is 0 Å². The molecule has 0 saturated heterocycles. The summed E-state index contributed by atoms with van der Waals surface area (Å²) in [6.07, 6.45) is 3.14. The zero-order chi connectivity index (χ0) is 19.8. The number of para-hydroxylation sites is 1. The molecule has 1 amide bonds. The second kappa shape index (κ2) is 9.09. The van der Waals surface area contributed by atoms with E-state index in [0.717, 1.165) is 5.69 Å². The third-order valence-electron chi connectivity index (χ3n) is 3.93. The summed E-state index contributed by atoms with van der Waals surface area (Å²) in [7, 11) is 0. The van der Waals surface area contributed by atoms with Crippen LogP contribution in [0.25, 0.3) is 5.69 Å². The number of nitriles is 1. The second-order valence-corrected chi connectivity index (χ2v) is 5.75. The van der Waals surface area contributed by atoms with Crippen molar-refractivity contribution in [1.82, 2.24) is 14.8 Å². The Morgan fingerprint density at radius 2 is 1.86 bits per heavy atom. The number of carbonyl (C=O) groups is 2. The molecule has 0 radical (unpaired) electrons. The molecule has 0 aliphatic rings. The molecule has 3 rings (SSSR count). The maximum atomic E-state index is 12.5. The maximum absolute atomic E-state index is 12.5. The number of carbonyl (C=O) groups excluding carboxylic acids is 2. The van der Waals surface area contributed by atoms with Crippen LogP contribution in [-0.4, -0.2) is 39.8 Å². The highest BCUT2D eigenvalue weighted by molar-refractivity contribution is 5.97. The molecule has 0 saturated carbocycles. The molecule has 8 heteroatoms. The van der Waals surface area contributed by atoms with Crippen molar-refractivity contribution in [3.8, 4) is 11.8 Å². The van der Waals surface area contributed by atoms with E-state index in [1.54, 1.807) is 59.5 Å². The fourth-order valence-electron chi connectivity index (χ4n) is 2.55. The van der Waals surface area contributed by atoms with E-state index in [2.05, 4.69) is 10.1 Å². The summed E-state index contributed by atoms with van der Waals surface area (Å²) in [6, 6.07) is 17.6. The number of anilines is 1. The predicted molar refractivity (Wildman–Crippen MR) is 101 cm³/mol. The van der Waals surface area contributed by atoms with Gasteiger partial charge in [0.25, 0.3) is 5.91 Å². The topological polar surface area (TPSA) is 101 Å². The minimum atomic E-state index is -0.605. The summed E-state index contributed by atoms with van der Waals surface area (Å²) in [6.45, 7) is -0.187. The smallest absolute Gasteiger partial charge is 0.338 e. The van der Waals surface area contributed by atoms with Crippen LogP contribution in [0.1, 0.15) is 16.8 Å². The Balaban J connectivity index is 1.62. The van der Waals surface area contributed by atoms with Gasteiger partial charge in [-0.25, -0.2) is 14.5 Å². The van der Waals surface area contributed by atoms with Crippen molar-refractivity contribution in [2.24, 2.45) is 0 Å². The molecule has 0 N–H and O–H groups in total.